The highest BCUT2D eigenvalue weighted by atomic mass is 32.2. The first-order valence-electron chi connectivity index (χ1n) is 12.4. The molecule has 0 spiro atoms. The Kier molecular flexibility index (Phi) is 6.88. The van der Waals surface area contributed by atoms with Crippen LogP contribution in [0.5, 0.6) is 0 Å². The molecule has 202 valence electrons. The van der Waals surface area contributed by atoms with Crippen LogP contribution in [0.1, 0.15) is 36.7 Å². The number of nitrogens with zero attached hydrogens (tertiary/aromatic N) is 4. The number of benzene rings is 1. The molecule has 11 nitrogen and oxygen atoms in total. The predicted octanol–water partition coefficient (Wildman–Crippen LogP) is 2.27. The van der Waals surface area contributed by atoms with Crippen LogP contribution in [0.3, 0.4) is 0 Å². The fourth-order valence-corrected chi connectivity index (χ4v) is 6.10. The Morgan fingerprint density at radius 1 is 1.05 bits per heavy atom. The Morgan fingerprint density at radius 3 is 2.39 bits per heavy atom. The van der Waals surface area contributed by atoms with Crippen LogP contribution in [0, 0.1) is 0 Å². The summed E-state index contributed by atoms with van der Waals surface area (Å²) in [5.74, 6) is -0.238. The van der Waals surface area contributed by atoms with Crippen LogP contribution >= 0.6 is 0 Å². The molecule has 0 radical (unpaired) electrons. The van der Waals surface area contributed by atoms with Crippen LogP contribution in [0.4, 0.5) is 4.79 Å². The molecule has 2 aliphatic heterocycles. The van der Waals surface area contributed by atoms with Crippen LogP contribution in [0.15, 0.2) is 59.9 Å². The van der Waals surface area contributed by atoms with Gasteiger partial charge in [0.2, 0.25) is 10.0 Å². The number of morpholine rings is 2. The van der Waals surface area contributed by atoms with Crippen molar-refractivity contribution in [2.45, 2.75) is 50.0 Å². The standard InChI is InChI=1S/C26H31N5O6S/c1-26(2,3)37-25(33)30-14-20-16-31(17-21(15-30)36-20)38(34,35)22-7-4-18(5-8-22)12-28-24(32)19-6-9-23-27-10-11-29(23)13-19/h4-11,13,20-21H,12,14-17H2,1-3H3,(H,28,32). The Hall–Kier alpha value is -3.48. The average Bonchev–Trinajstić information content (AvgIpc) is 3.34. The van der Waals surface area contributed by atoms with Gasteiger partial charge >= 0.3 is 6.09 Å². The lowest BCUT2D eigenvalue weighted by Gasteiger charge is -2.45. The highest BCUT2D eigenvalue weighted by Crippen LogP contribution is 2.26. The molecule has 2 fully saturated rings. The minimum atomic E-state index is -3.75. The molecule has 2 unspecified atom stereocenters. The van der Waals surface area contributed by atoms with E-state index in [0.717, 1.165) is 11.2 Å². The highest BCUT2D eigenvalue weighted by molar-refractivity contribution is 7.89. The van der Waals surface area contributed by atoms with E-state index in [1.807, 2.05) is 20.8 Å². The molecular formula is C26H31N5O6S. The van der Waals surface area contributed by atoms with Crippen molar-refractivity contribution in [1.82, 2.24) is 23.9 Å². The van der Waals surface area contributed by atoms with Crippen molar-refractivity contribution in [3.8, 4) is 0 Å². The van der Waals surface area contributed by atoms with Gasteiger partial charge in [0.25, 0.3) is 5.91 Å². The van der Waals surface area contributed by atoms with Crippen molar-refractivity contribution in [3.63, 3.8) is 0 Å². The van der Waals surface area contributed by atoms with Gasteiger partial charge in [0.05, 0.1) is 35.8 Å². The topological polar surface area (TPSA) is 123 Å². The van der Waals surface area contributed by atoms with E-state index in [4.69, 9.17) is 9.47 Å². The Morgan fingerprint density at radius 2 is 1.74 bits per heavy atom. The summed E-state index contributed by atoms with van der Waals surface area (Å²) in [6.07, 6.45) is 3.86. The fourth-order valence-electron chi connectivity index (χ4n) is 4.59. The molecule has 0 aliphatic carbocycles. The van der Waals surface area contributed by atoms with Crippen LogP contribution < -0.4 is 5.32 Å². The minimum Gasteiger partial charge on any atom is -0.444 e. The molecular weight excluding hydrogens is 510 g/mol. The van der Waals surface area contributed by atoms with E-state index in [1.54, 1.807) is 64.3 Å². The molecule has 2 aliphatic rings. The molecule has 5 rings (SSSR count). The number of carbonyl (C=O) groups excluding carboxylic acids is 2. The number of fused-ring (bicyclic) bond motifs is 3. The number of nitrogens with one attached hydrogen (secondary N) is 1. The number of ether oxygens (including phenoxy) is 2. The van der Waals surface area contributed by atoms with Gasteiger partial charge in [0.1, 0.15) is 11.2 Å². The lowest BCUT2D eigenvalue weighted by atomic mass is 10.1. The molecule has 4 heterocycles. The average molecular weight is 542 g/mol. The summed E-state index contributed by atoms with van der Waals surface area (Å²) in [4.78, 5) is 31.0. The summed E-state index contributed by atoms with van der Waals surface area (Å²) in [7, 11) is -3.75. The number of imidazole rings is 1. The molecule has 1 N–H and O–H groups in total. The normalized spacial score (nSPS) is 20.3. The second kappa shape index (κ2) is 10.0. The zero-order valence-electron chi connectivity index (χ0n) is 21.5. The van der Waals surface area contributed by atoms with Gasteiger partial charge in [0, 0.05) is 38.2 Å². The molecule has 2 atom stereocenters. The van der Waals surface area contributed by atoms with Gasteiger partial charge in [-0.25, -0.2) is 18.2 Å². The number of carbonyl (C=O) groups is 2. The van der Waals surface area contributed by atoms with Gasteiger partial charge in [-0.05, 0) is 50.6 Å². The lowest BCUT2D eigenvalue weighted by molar-refractivity contribution is -0.120. The number of hydrogen-bond acceptors (Lipinski definition) is 7. The maximum Gasteiger partial charge on any atom is 0.410 e. The monoisotopic (exact) mass is 541 g/mol. The Labute approximate surface area is 221 Å². The molecule has 3 aromatic rings. The van der Waals surface area contributed by atoms with Gasteiger partial charge in [-0.3, -0.25) is 4.79 Å². The number of pyridine rings is 1. The first-order chi connectivity index (χ1) is 18.0. The summed E-state index contributed by atoms with van der Waals surface area (Å²) < 4.78 is 41.3. The van der Waals surface area contributed by atoms with E-state index >= 15 is 0 Å². The van der Waals surface area contributed by atoms with Crippen molar-refractivity contribution >= 4 is 27.7 Å². The van der Waals surface area contributed by atoms with Gasteiger partial charge < -0.3 is 24.1 Å². The molecule has 0 saturated carbocycles. The first-order valence-corrected chi connectivity index (χ1v) is 13.9. The van der Waals surface area contributed by atoms with Crippen molar-refractivity contribution in [2.75, 3.05) is 26.2 Å². The maximum atomic E-state index is 13.4. The van der Waals surface area contributed by atoms with Crippen molar-refractivity contribution in [1.29, 1.82) is 0 Å². The lowest BCUT2D eigenvalue weighted by Crippen LogP contribution is -2.61. The van der Waals surface area contributed by atoms with E-state index < -0.39 is 33.9 Å². The van der Waals surface area contributed by atoms with E-state index in [-0.39, 0.29) is 43.5 Å². The number of sulfonamides is 1. The first kappa shape index (κ1) is 26.1. The molecule has 2 saturated heterocycles. The van der Waals surface area contributed by atoms with Crippen molar-refractivity contribution < 1.29 is 27.5 Å². The Bertz CT molecular complexity index is 1430. The maximum absolute atomic E-state index is 13.4. The fraction of sp³-hybridized carbons (Fsp3) is 0.423. The minimum absolute atomic E-state index is 0.150. The summed E-state index contributed by atoms with van der Waals surface area (Å²) in [6.45, 7) is 6.51. The van der Waals surface area contributed by atoms with E-state index in [2.05, 4.69) is 10.3 Å². The summed E-state index contributed by atoms with van der Waals surface area (Å²) in [5, 5.41) is 2.86. The second-order valence-electron chi connectivity index (χ2n) is 10.5. The quantitative estimate of drug-likeness (QED) is 0.526. The third kappa shape index (κ3) is 5.66. The number of amides is 2. The van der Waals surface area contributed by atoms with E-state index in [1.165, 1.54) is 4.31 Å². The zero-order valence-corrected chi connectivity index (χ0v) is 22.3. The van der Waals surface area contributed by atoms with Gasteiger partial charge in [-0.2, -0.15) is 4.31 Å². The molecule has 2 aromatic heterocycles. The van der Waals surface area contributed by atoms with Crippen molar-refractivity contribution in [3.05, 3.63) is 66.1 Å². The number of hydrogen-bond donors (Lipinski definition) is 1. The molecule has 38 heavy (non-hydrogen) atoms. The van der Waals surface area contributed by atoms with Gasteiger partial charge in [0.15, 0.2) is 0 Å². The summed E-state index contributed by atoms with van der Waals surface area (Å²) >= 11 is 0. The number of rotatable bonds is 5. The molecule has 2 bridgehead atoms. The summed E-state index contributed by atoms with van der Waals surface area (Å²) in [5.41, 5.74) is 1.41. The third-order valence-corrected chi connectivity index (χ3v) is 8.21. The van der Waals surface area contributed by atoms with E-state index in [0.29, 0.717) is 5.56 Å². The Balaban J connectivity index is 1.19. The molecule has 12 heteroatoms. The van der Waals surface area contributed by atoms with E-state index in [9.17, 15) is 18.0 Å². The van der Waals surface area contributed by atoms with Gasteiger partial charge in [-0.1, -0.05) is 12.1 Å². The van der Waals surface area contributed by atoms with Crippen LogP contribution in [0.2, 0.25) is 0 Å². The van der Waals surface area contributed by atoms with Gasteiger partial charge in [-0.15, -0.1) is 0 Å². The summed E-state index contributed by atoms with van der Waals surface area (Å²) in [6, 6.07) is 9.95. The molecule has 1 aromatic carbocycles. The predicted molar refractivity (Wildman–Crippen MR) is 138 cm³/mol. The van der Waals surface area contributed by atoms with Crippen LogP contribution in [-0.4, -0.2) is 83.0 Å². The largest absolute Gasteiger partial charge is 0.444 e. The highest BCUT2D eigenvalue weighted by Gasteiger charge is 2.42. The zero-order chi connectivity index (χ0) is 27.1. The van der Waals surface area contributed by atoms with Crippen LogP contribution in [0.25, 0.3) is 5.65 Å². The SMILES string of the molecule is CC(C)(C)OC(=O)N1CC2CN(S(=O)(=O)c3ccc(CNC(=O)c4ccc5nccn5c4)cc3)CC(C1)O2. The smallest absolute Gasteiger partial charge is 0.410 e. The third-order valence-electron chi connectivity index (χ3n) is 6.36. The molecule has 2 amide bonds. The van der Waals surface area contributed by atoms with Crippen LogP contribution in [-0.2, 0) is 26.0 Å². The van der Waals surface area contributed by atoms with Crippen molar-refractivity contribution in [2.24, 2.45) is 0 Å². The number of aromatic nitrogens is 2. The second-order valence-corrected chi connectivity index (χ2v) is 12.5.